The van der Waals surface area contributed by atoms with Crippen molar-refractivity contribution < 1.29 is 5.11 Å². The fourth-order valence-corrected chi connectivity index (χ4v) is 2.03. The summed E-state index contributed by atoms with van der Waals surface area (Å²) < 4.78 is 0.343. The number of thioether (sulfide) groups is 1. The number of aliphatic hydroxyl groups excluding tert-OH is 1. The summed E-state index contributed by atoms with van der Waals surface area (Å²) in [5.74, 6) is 1.12. The number of nitrogens with one attached hydrogen (secondary N) is 1. The van der Waals surface area contributed by atoms with Gasteiger partial charge in [-0.2, -0.15) is 11.8 Å². The van der Waals surface area contributed by atoms with Crippen molar-refractivity contribution in [3.05, 3.63) is 0 Å². The van der Waals surface area contributed by atoms with Crippen molar-refractivity contribution in [3.8, 4) is 0 Å². The Bertz CT molecular complexity index is 145. The lowest BCUT2D eigenvalue weighted by molar-refractivity contribution is 0.266. The quantitative estimate of drug-likeness (QED) is 0.719. The largest absolute Gasteiger partial charge is 0.396 e. The van der Waals surface area contributed by atoms with Gasteiger partial charge in [-0.3, -0.25) is 0 Å². The fourth-order valence-electron chi connectivity index (χ4n) is 1.19. The molecule has 2 atom stereocenters. The third-order valence-corrected chi connectivity index (χ3v) is 3.43. The Kier molecular flexibility index (Phi) is 6.83. The highest BCUT2D eigenvalue weighted by Gasteiger charge is 2.13. The molecule has 14 heavy (non-hydrogen) atoms. The molecule has 0 radical (unpaired) electrons. The molecule has 0 bridgehead atoms. The minimum atomic E-state index is 0.271. The number of hydrogen-bond donors (Lipinski definition) is 2. The van der Waals surface area contributed by atoms with E-state index in [0.717, 1.165) is 12.2 Å². The monoisotopic (exact) mass is 219 g/mol. The predicted molar refractivity (Wildman–Crippen MR) is 66.0 cm³/mol. The molecule has 0 saturated carbocycles. The number of hydrogen-bond acceptors (Lipinski definition) is 3. The summed E-state index contributed by atoms with van der Waals surface area (Å²) in [4.78, 5) is 0. The topological polar surface area (TPSA) is 32.3 Å². The third kappa shape index (κ3) is 8.85. The molecule has 0 fully saturated rings. The molecule has 3 heteroatoms. The van der Waals surface area contributed by atoms with Crippen molar-refractivity contribution >= 4 is 11.8 Å². The van der Waals surface area contributed by atoms with E-state index in [1.165, 1.54) is 0 Å². The second kappa shape index (κ2) is 6.70. The minimum absolute atomic E-state index is 0.271. The Balaban J connectivity index is 3.59. The molecule has 0 amide bonds. The molecular formula is C11H25NOS. The van der Waals surface area contributed by atoms with Crippen LogP contribution in [0.15, 0.2) is 0 Å². The van der Waals surface area contributed by atoms with Crippen molar-refractivity contribution in [3.63, 3.8) is 0 Å². The molecule has 0 aromatic carbocycles. The van der Waals surface area contributed by atoms with Crippen molar-refractivity contribution in [1.29, 1.82) is 0 Å². The first kappa shape index (κ1) is 14.3. The smallest absolute Gasteiger partial charge is 0.0445 e. The van der Waals surface area contributed by atoms with Gasteiger partial charge in [0.15, 0.2) is 0 Å². The molecule has 0 heterocycles. The average molecular weight is 219 g/mol. The zero-order valence-electron chi connectivity index (χ0n) is 10.1. The summed E-state index contributed by atoms with van der Waals surface area (Å²) >= 11 is 1.98. The molecule has 1 unspecified atom stereocenters. The summed E-state index contributed by atoms with van der Waals surface area (Å²) in [6, 6.07) is 0.927. The van der Waals surface area contributed by atoms with Crippen molar-refractivity contribution in [2.45, 2.75) is 57.9 Å². The zero-order valence-corrected chi connectivity index (χ0v) is 10.9. The van der Waals surface area contributed by atoms with Crippen LogP contribution >= 0.6 is 11.8 Å². The molecule has 0 saturated heterocycles. The highest BCUT2D eigenvalue weighted by molar-refractivity contribution is 8.00. The molecule has 2 nitrogen and oxygen atoms in total. The summed E-state index contributed by atoms with van der Waals surface area (Å²) in [6.07, 6.45) is 0.838. The number of rotatable bonds is 6. The van der Waals surface area contributed by atoms with E-state index in [9.17, 15) is 0 Å². The van der Waals surface area contributed by atoms with Gasteiger partial charge in [-0.05, 0) is 20.3 Å². The molecule has 0 aromatic heterocycles. The van der Waals surface area contributed by atoms with E-state index in [1.54, 1.807) is 0 Å². The summed E-state index contributed by atoms with van der Waals surface area (Å²) in [5.41, 5.74) is 0. The van der Waals surface area contributed by atoms with Crippen LogP contribution in [0.5, 0.6) is 0 Å². The second-order valence-electron chi connectivity index (χ2n) is 4.90. The summed E-state index contributed by atoms with van der Waals surface area (Å²) in [5, 5.41) is 12.2. The van der Waals surface area contributed by atoms with Gasteiger partial charge < -0.3 is 10.4 Å². The zero-order chi connectivity index (χ0) is 11.2. The molecule has 0 aromatic rings. The fraction of sp³-hybridized carbons (Fsp3) is 1.00. The van der Waals surface area contributed by atoms with Crippen LogP contribution in [0.3, 0.4) is 0 Å². The molecule has 0 rings (SSSR count). The average Bonchev–Trinajstić information content (AvgIpc) is 2.00. The maximum absolute atomic E-state index is 8.76. The Labute approximate surface area is 92.9 Å². The molecule has 0 spiro atoms. The van der Waals surface area contributed by atoms with Gasteiger partial charge in [0.25, 0.3) is 0 Å². The van der Waals surface area contributed by atoms with E-state index in [0.29, 0.717) is 16.8 Å². The predicted octanol–water partition coefficient (Wildman–Crippen LogP) is 2.27. The Morgan fingerprint density at radius 3 is 2.21 bits per heavy atom. The van der Waals surface area contributed by atoms with Gasteiger partial charge in [0.2, 0.25) is 0 Å². The molecule has 0 aliphatic rings. The molecular weight excluding hydrogens is 194 g/mol. The second-order valence-corrected chi connectivity index (χ2v) is 6.75. The first-order valence-corrected chi connectivity index (χ1v) is 6.34. The summed E-state index contributed by atoms with van der Waals surface area (Å²) in [7, 11) is 0. The first-order chi connectivity index (χ1) is 6.35. The van der Waals surface area contributed by atoms with Crippen LogP contribution in [0, 0.1) is 0 Å². The van der Waals surface area contributed by atoms with Gasteiger partial charge in [-0.25, -0.2) is 0 Å². The van der Waals surface area contributed by atoms with E-state index < -0.39 is 0 Å². The van der Waals surface area contributed by atoms with Crippen LogP contribution in [-0.2, 0) is 0 Å². The van der Waals surface area contributed by atoms with E-state index in [-0.39, 0.29) is 6.61 Å². The van der Waals surface area contributed by atoms with E-state index in [2.05, 4.69) is 39.9 Å². The van der Waals surface area contributed by atoms with E-state index in [4.69, 9.17) is 5.11 Å². The molecule has 0 aliphatic heterocycles. The van der Waals surface area contributed by atoms with E-state index >= 15 is 0 Å². The lowest BCUT2D eigenvalue weighted by Crippen LogP contribution is -2.37. The lowest BCUT2D eigenvalue weighted by Gasteiger charge is -2.23. The maximum atomic E-state index is 8.76. The van der Waals surface area contributed by atoms with Crippen LogP contribution in [0.4, 0.5) is 0 Å². The van der Waals surface area contributed by atoms with Gasteiger partial charge in [0.05, 0.1) is 0 Å². The van der Waals surface area contributed by atoms with Crippen LogP contribution in [0.2, 0.25) is 0 Å². The maximum Gasteiger partial charge on any atom is 0.0445 e. The Hall–Kier alpha value is 0.270. The summed E-state index contributed by atoms with van der Waals surface area (Å²) in [6.45, 7) is 11.3. The highest BCUT2D eigenvalue weighted by atomic mass is 32.2. The van der Waals surface area contributed by atoms with Crippen molar-refractivity contribution in [2.24, 2.45) is 0 Å². The minimum Gasteiger partial charge on any atom is -0.396 e. The standard InChI is InChI=1S/C11H25NOS/c1-9(6-7-13)12-10(2)8-14-11(3,4)5/h9-10,12-13H,6-8H2,1-5H3/t9-,10?/m1/s1. The Morgan fingerprint density at radius 1 is 1.21 bits per heavy atom. The molecule has 2 N–H and O–H groups in total. The van der Waals surface area contributed by atoms with Gasteiger partial charge in [0.1, 0.15) is 0 Å². The van der Waals surface area contributed by atoms with Crippen molar-refractivity contribution in [2.75, 3.05) is 12.4 Å². The van der Waals surface area contributed by atoms with E-state index in [1.807, 2.05) is 11.8 Å². The first-order valence-electron chi connectivity index (χ1n) is 5.36. The molecule has 0 aliphatic carbocycles. The van der Waals surface area contributed by atoms with Gasteiger partial charge in [-0.15, -0.1) is 0 Å². The normalized spacial score (nSPS) is 16.7. The Morgan fingerprint density at radius 2 is 1.79 bits per heavy atom. The van der Waals surface area contributed by atoms with Crippen molar-refractivity contribution in [1.82, 2.24) is 5.32 Å². The van der Waals surface area contributed by atoms with Crippen LogP contribution in [0.25, 0.3) is 0 Å². The van der Waals surface area contributed by atoms with Crippen LogP contribution < -0.4 is 5.32 Å². The van der Waals surface area contributed by atoms with Gasteiger partial charge in [-0.1, -0.05) is 20.8 Å². The van der Waals surface area contributed by atoms with Gasteiger partial charge in [0, 0.05) is 29.2 Å². The molecule has 86 valence electrons. The third-order valence-electron chi connectivity index (χ3n) is 1.90. The highest BCUT2D eigenvalue weighted by Crippen LogP contribution is 2.23. The van der Waals surface area contributed by atoms with Crippen LogP contribution in [-0.4, -0.2) is 34.3 Å². The van der Waals surface area contributed by atoms with Gasteiger partial charge >= 0.3 is 0 Å². The SMILES string of the molecule is CC(CSC(C)(C)C)N[C@H](C)CCO. The van der Waals surface area contributed by atoms with Crippen LogP contribution in [0.1, 0.15) is 41.0 Å². The number of aliphatic hydroxyl groups is 1. The lowest BCUT2D eigenvalue weighted by atomic mass is 10.2.